The first-order valence-corrected chi connectivity index (χ1v) is 7.88. The molecular formula is C17H15FN2O2S. The molecule has 23 heavy (non-hydrogen) atoms. The lowest BCUT2D eigenvalue weighted by Gasteiger charge is -2.09. The van der Waals surface area contributed by atoms with Crippen molar-refractivity contribution < 1.29 is 9.18 Å². The van der Waals surface area contributed by atoms with E-state index in [1.807, 2.05) is 32.0 Å². The van der Waals surface area contributed by atoms with E-state index in [0.717, 1.165) is 28.3 Å². The molecule has 1 N–H and O–H groups in total. The second-order valence-electron chi connectivity index (χ2n) is 5.44. The van der Waals surface area contributed by atoms with E-state index < -0.39 is 5.82 Å². The molecule has 6 heteroatoms. The van der Waals surface area contributed by atoms with Crippen LogP contribution in [0.15, 0.2) is 41.2 Å². The fourth-order valence-corrected chi connectivity index (χ4v) is 3.36. The number of nitrogens with zero attached hydrogens (tertiary/aromatic N) is 1. The van der Waals surface area contributed by atoms with Crippen LogP contribution in [-0.2, 0) is 11.3 Å². The molecule has 1 amide bonds. The molecule has 0 bridgehead atoms. The molecule has 0 saturated heterocycles. The second-order valence-corrected chi connectivity index (χ2v) is 6.50. The number of anilines is 1. The van der Waals surface area contributed by atoms with Crippen LogP contribution in [0, 0.1) is 19.7 Å². The van der Waals surface area contributed by atoms with Crippen LogP contribution in [0.2, 0.25) is 0 Å². The van der Waals surface area contributed by atoms with E-state index in [2.05, 4.69) is 5.32 Å². The lowest BCUT2D eigenvalue weighted by molar-refractivity contribution is -0.116. The highest BCUT2D eigenvalue weighted by molar-refractivity contribution is 7.13. The molecule has 0 radical (unpaired) electrons. The average molecular weight is 330 g/mol. The minimum absolute atomic E-state index is 0.0901. The quantitative estimate of drug-likeness (QED) is 0.799. The van der Waals surface area contributed by atoms with Crippen molar-refractivity contribution in [3.63, 3.8) is 0 Å². The van der Waals surface area contributed by atoms with Crippen molar-refractivity contribution in [2.75, 3.05) is 5.32 Å². The van der Waals surface area contributed by atoms with Gasteiger partial charge in [-0.1, -0.05) is 23.7 Å². The summed E-state index contributed by atoms with van der Waals surface area (Å²) in [6, 6.07) is 9.78. The SMILES string of the molecule is Cc1ccc(C)c(NC(=O)Cn2sc3cc(F)ccc3c2=O)c1. The van der Waals surface area contributed by atoms with Gasteiger partial charge in [-0.05, 0) is 49.2 Å². The summed E-state index contributed by atoms with van der Waals surface area (Å²) < 4.78 is 15.1. The predicted molar refractivity (Wildman–Crippen MR) is 90.6 cm³/mol. The number of fused-ring (bicyclic) bond motifs is 1. The largest absolute Gasteiger partial charge is 0.324 e. The van der Waals surface area contributed by atoms with E-state index in [1.54, 1.807) is 0 Å². The number of halogens is 1. The molecule has 1 aromatic heterocycles. The van der Waals surface area contributed by atoms with Gasteiger partial charge in [0.15, 0.2) is 0 Å². The van der Waals surface area contributed by atoms with Gasteiger partial charge in [0.05, 0.1) is 10.1 Å². The van der Waals surface area contributed by atoms with Crippen molar-refractivity contribution >= 4 is 33.2 Å². The molecule has 3 aromatic rings. The van der Waals surface area contributed by atoms with E-state index in [9.17, 15) is 14.0 Å². The van der Waals surface area contributed by atoms with Crippen molar-refractivity contribution in [1.29, 1.82) is 0 Å². The van der Waals surface area contributed by atoms with Crippen LogP contribution in [0.3, 0.4) is 0 Å². The lowest BCUT2D eigenvalue weighted by atomic mass is 10.1. The maximum Gasteiger partial charge on any atom is 0.269 e. The molecule has 0 aliphatic rings. The van der Waals surface area contributed by atoms with Crippen LogP contribution in [0.25, 0.3) is 10.1 Å². The van der Waals surface area contributed by atoms with Crippen molar-refractivity contribution in [3.05, 3.63) is 63.7 Å². The predicted octanol–water partition coefficient (Wildman–Crippen LogP) is 3.46. The van der Waals surface area contributed by atoms with Gasteiger partial charge >= 0.3 is 0 Å². The number of hydrogen-bond donors (Lipinski definition) is 1. The maximum atomic E-state index is 13.2. The number of aryl methyl sites for hydroxylation is 2. The Morgan fingerprint density at radius 2 is 2.00 bits per heavy atom. The number of aromatic nitrogens is 1. The van der Waals surface area contributed by atoms with Crippen LogP contribution >= 0.6 is 11.5 Å². The van der Waals surface area contributed by atoms with Crippen molar-refractivity contribution in [2.45, 2.75) is 20.4 Å². The molecule has 3 rings (SSSR count). The maximum absolute atomic E-state index is 13.2. The van der Waals surface area contributed by atoms with Gasteiger partial charge in [-0.3, -0.25) is 13.5 Å². The van der Waals surface area contributed by atoms with E-state index in [-0.39, 0.29) is 18.0 Å². The Hall–Kier alpha value is -2.47. The highest BCUT2D eigenvalue weighted by atomic mass is 32.1. The number of rotatable bonds is 3. The Balaban J connectivity index is 1.84. The van der Waals surface area contributed by atoms with Gasteiger partial charge in [-0.25, -0.2) is 4.39 Å². The molecule has 0 saturated carbocycles. The number of amides is 1. The number of benzene rings is 2. The lowest BCUT2D eigenvalue weighted by Crippen LogP contribution is -2.24. The van der Waals surface area contributed by atoms with Crippen molar-refractivity contribution in [2.24, 2.45) is 0 Å². The molecule has 1 heterocycles. The first-order chi connectivity index (χ1) is 10.9. The van der Waals surface area contributed by atoms with Crippen LogP contribution in [0.4, 0.5) is 10.1 Å². The van der Waals surface area contributed by atoms with Gasteiger partial charge in [-0.15, -0.1) is 0 Å². The van der Waals surface area contributed by atoms with Gasteiger partial charge in [-0.2, -0.15) is 0 Å². The number of hydrogen-bond acceptors (Lipinski definition) is 3. The molecule has 2 aromatic carbocycles. The molecule has 4 nitrogen and oxygen atoms in total. The Morgan fingerprint density at radius 1 is 1.22 bits per heavy atom. The molecular weight excluding hydrogens is 315 g/mol. The third-order valence-corrected chi connectivity index (χ3v) is 4.61. The molecule has 118 valence electrons. The van der Waals surface area contributed by atoms with E-state index in [4.69, 9.17) is 0 Å². The van der Waals surface area contributed by atoms with Crippen molar-refractivity contribution in [1.82, 2.24) is 3.96 Å². The molecule has 0 fully saturated rings. The Morgan fingerprint density at radius 3 is 2.78 bits per heavy atom. The highest BCUT2D eigenvalue weighted by Crippen LogP contribution is 2.19. The summed E-state index contributed by atoms with van der Waals surface area (Å²) in [7, 11) is 0. The fraction of sp³-hybridized carbons (Fsp3) is 0.176. The standard InChI is InChI=1S/C17H15FN2O2S/c1-10-3-4-11(2)14(7-10)19-16(21)9-20-17(22)13-6-5-12(18)8-15(13)23-20/h3-8H,9H2,1-2H3,(H,19,21). The zero-order valence-corrected chi connectivity index (χ0v) is 13.5. The van der Waals surface area contributed by atoms with Crippen LogP contribution in [0.5, 0.6) is 0 Å². The number of carbonyl (C=O) groups is 1. The normalized spacial score (nSPS) is 10.9. The van der Waals surface area contributed by atoms with Crippen molar-refractivity contribution in [3.8, 4) is 0 Å². The molecule has 0 spiro atoms. The summed E-state index contributed by atoms with van der Waals surface area (Å²) in [6.45, 7) is 3.76. The summed E-state index contributed by atoms with van der Waals surface area (Å²) in [5.74, 6) is -0.682. The minimum atomic E-state index is -0.397. The van der Waals surface area contributed by atoms with Crippen LogP contribution in [-0.4, -0.2) is 9.86 Å². The first-order valence-electron chi connectivity index (χ1n) is 7.10. The summed E-state index contributed by atoms with van der Waals surface area (Å²) in [5, 5.41) is 3.24. The van der Waals surface area contributed by atoms with Gasteiger partial charge in [0.25, 0.3) is 5.56 Å². The summed E-state index contributed by atoms with van der Waals surface area (Å²) in [5.41, 5.74) is 2.45. The zero-order chi connectivity index (χ0) is 16.6. The first kappa shape index (κ1) is 15.4. The Bertz CT molecular complexity index is 959. The zero-order valence-electron chi connectivity index (χ0n) is 12.7. The molecule has 0 aliphatic carbocycles. The third-order valence-electron chi connectivity index (χ3n) is 3.56. The summed E-state index contributed by atoms with van der Waals surface area (Å²) in [4.78, 5) is 24.4. The summed E-state index contributed by atoms with van der Waals surface area (Å²) >= 11 is 1.09. The molecule has 0 unspecified atom stereocenters. The Labute approximate surface area is 136 Å². The smallest absolute Gasteiger partial charge is 0.269 e. The fourth-order valence-electron chi connectivity index (χ4n) is 2.34. The van der Waals surface area contributed by atoms with Crippen LogP contribution < -0.4 is 10.9 Å². The highest BCUT2D eigenvalue weighted by Gasteiger charge is 2.12. The van der Waals surface area contributed by atoms with E-state index in [1.165, 1.54) is 22.2 Å². The van der Waals surface area contributed by atoms with Gasteiger partial charge < -0.3 is 5.32 Å². The van der Waals surface area contributed by atoms with Gasteiger partial charge in [0.1, 0.15) is 12.4 Å². The van der Waals surface area contributed by atoms with E-state index in [0.29, 0.717) is 10.1 Å². The number of carbonyl (C=O) groups excluding carboxylic acids is 1. The third kappa shape index (κ3) is 3.17. The summed E-state index contributed by atoms with van der Waals surface area (Å²) in [6.07, 6.45) is 0. The molecule has 0 aliphatic heterocycles. The minimum Gasteiger partial charge on any atom is -0.324 e. The number of nitrogens with one attached hydrogen (secondary N) is 1. The Kier molecular flexibility index (Phi) is 4.00. The topological polar surface area (TPSA) is 51.1 Å². The monoisotopic (exact) mass is 330 g/mol. The average Bonchev–Trinajstić information content (AvgIpc) is 2.78. The van der Waals surface area contributed by atoms with Crippen LogP contribution in [0.1, 0.15) is 11.1 Å². The molecule has 0 atom stereocenters. The van der Waals surface area contributed by atoms with Gasteiger partial charge in [0.2, 0.25) is 5.91 Å². The van der Waals surface area contributed by atoms with Gasteiger partial charge in [0, 0.05) is 5.69 Å². The van der Waals surface area contributed by atoms with E-state index >= 15 is 0 Å². The second kappa shape index (κ2) is 5.96.